The standard InChI is InChI=1S/C18H23NO5S/c1-11(2)13-7-5-12(6-8-13)10-24-17(21)16-18(3,4)25(22,23)15-9-14(20)19(15)16/h5-8,11,15-16H,9-10H2,1-4H3/t15-,16+/m1/s1. The van der Waals surface area contributed by atoms with Crippen molar-refractivity contribution >= 4 is 21.7 Å². The van der Waals surface area contributed by atoms with E-state index in [-0.39, 0.29) is 18.9 Å². The topological polar surface area (TPSA) is 80.8 Å². The number of carbonyl (C=O) groups excluding carboxylic acids is 2. The Labute approximate surface area is 148 Å². The highest BCUT2D eigenvalue weighted by Gasteiger charge is 2.68. The number of hydrogen-bond donors (Lipinski definition) is 0. The minimum Gasteiger partial charge on any atom is -0.459 e. The lowest BCUT2D eigenvalue weighted by Gasteiger charge is -2.36. The number of sulfone groups is 1. The van der Waals surface area contributed by atoms with Crippen LogP contribution in [0.25, 0.3) is 0 Å². The molecule has 2 heterocycles. The molecule has 2 fully saturated rings. The summed E-state index contributed by atoms with van der Waals surface area (Å²) in [6, 6.07) is 6.64. The van der Waals surface area contributed by atoms with E-state index in [4.69, 9.17) is 4.74 Å². The molecule has 1 amide bonds. The number of rotatable bonds is 4. The van der Waals surface area contributed by atoms with Gasteiger partial charge in [0.1, 0.15) is 18.0 Å². The van der Waals surface area contributed by atoms with Crippen LogP contribution < -0.4 is 0 Å². The second-order valence-corrected chi connectivity index (χ2v) is 10.2. The molecule has 7 heteroatoms. The molecule has 0 bridgehead atoms. The third-order valence-electron chi connectivity index (χ3n) is 5.23. The van der Waals surface area contributed by atoms with Crippen LogP contribution in [0, 0.1) is 0 Å². The van der Waals surface area contributed by atoms with Crippen molar-refractivity contribution in [1.29, 1.82) is 0 Å². The van der Waals surface area contributed by atoms with Crippen molar-refractivity contribution in [3.05, 3.63) is 35.4 Å². The van der Waals surface area contributed by atoms with Crippen molar-refractivity contribution in [3.8, 4) is 0 Å². The lowest BCUT2D eigenvalue weighted by Crippen LogP contribution is -2.57. The largest absolute Gasteiger partial charge is 0.459 e. The number of esters is 1. The molecule has 2 aliphatic heterocycles. The highest BCUT2D eigenvalue weighted by atomic mass is 32.2. The summed E-state index contributed by atoms with van der Waals surface area (Å²) in [6.07, 6.45) is -0.0494. The van der Waals surface area contributed by atoms with Crippen LogP contribution in [0.1, 0.15) is 51.2 Å². The first kappa shape index (κ1) is 17.9. The molecule has 2 aliphatic rings. The van der Waals surface area contributed by atoms with E-state index in [1.807, 2.05) is 24.3 Å². The third-order valence-corrected chi connectivity index (χ3v) is 8.03. The van der Waals surface area contributed by atoms with E-state index in [1.165, 1.54) is 24.3 Å². The molecule has 1 aromatic rings. The minimum atomic E-state index is -3.59. The van der Waals surface area contributed by atoms with Crippen LogP contribution >= 0.6 is 0 Å². The number of amides is 1. The number of β-lactam (4-membered cyclic amide) rings is 1. The molecule has 0 unspecified atom stereocenters. The van der Waals surface area contributed by atoms with Gasteiger partial charge in [-0.1, -0.05) is 38.1 Å². The maximum Gasteiger partial charge on any atom is 0.330 e. The first-order valence-corrected chi connectivity index (χ1v) is 9.92. The molecule has 0 aromatic heterocycles. The number of benzene rings is 1. The van der Waals surface area contributed by atoms with Crippen LogP contribution in [0.5, 0.6) is 0 Å². The Hall–Kier alpha value is -1.89. The third kappa shape index (κ3) is 2.65. The Morgan fingerprint density at radius 2 is 1.88 bits per heavy atom. The molecule has 3 rings (SSSR count). The van der Waals surface area contributed by atoms with Gasteiger partial charge in [0.05, 0.1) is 11.2 Å². The van der Waals surface area contributed by atoms with Crippen molar-refractivity contribution in [1.82, 2.24) is 4.90 Å². The van der Waals surface area contributed by atoms with Gasteiger partial charge in [0.25, 0.3) is 0 Å². The summed E-state index contributed by atoms with van der Waals surface area (Å²) in [4.78, 5) is 25.5. The lowest BCUT2D eigenvalue weighted by molar-refractivity contribution is -0.162. The normalized spacial score (nSPS) is 26.3. The molecule has 0 N–H and O–H groups in total. The zero-order valence-corrected chi connectivity index (χ0v) is 15.7. The van der Waals surface area contributed by atoms with Crippen molar-refractivity contribution in [2.45, 2.75) is 62.8 Å². The Bertz CT molecular complexity index is 810. The van der Waals surface area contributed by atoms with Crippen molar-refractivity contribution in [3.63, 3.8) is 0 Å². The molecule has 0 aliphatic carbocycles. The SMILES string of the molecule is CC(C)c1ccc(COC(=O)[C@@H]2N3C(=O)C[C@H]3S(=O)(=O)C2(C)C)cc1. The zero-order chi connectivity index (χ0) is 18.6. The summed E-state index contributed by atoms with van der Waals surface area (Å²) < 4.78 is 29.0. The zero-order valence-electron chi connectivity index (χ0n) is 14.9. The van der Waals surface area contributed by atoms with Gasteiger partial charge < -0.3 is 9.64 Å². The van der Waals surface area contributed by atoms with Gasteiger partial charge in [-0.05, 0) is 30.9 Å². The number of hydrogen-bond acceptors (Lipinski definition) is 5. The molecule has 136 valence electrons. The predicted molar refractivity (Wildman–Crippen MR) is 92.4 cm³/mol. The van der Waals surface area contributed by atoms with Crippen LogP contribution in [-0.2, 0) is 30.8 Å². The van der Waals surface area contributed by atoms with Crippen LogP contribution in [0.15, 0.2) is 24.3 Å². The van der Waals surface area contributed by atoms with Gasteiger partial charge in [-0.2, -0.15) is 0 Å². The Morgan fingerprint density at radius 3 is 2.40 bits per heavy atom. The van der Waals surface area contributed by atoms with Gasteiger partial charge in [0.2, 0.25) is 5.91 Å². The maximum absolute atomic E-state index is 12.6. The smallest absolute Gasteiger partial charge is 0.330 e. The maximum atomic E-state index is 12.6. The van der Waals surface area contributed by atoms with E-state index in [9.17, 15) is 18.0 Å². The van der Waals surface area contributed by atoms with E-state index >= 15 is 0 Å². The first-order chi connectivity index (χ1) is 11.6. The average molecular weight is 365 g/mol. The lowest BCUT2D eigenvalue weighted by atomic mass is 9.98. The van der Waals surface area contributed by atoms with Gasteiger partial charge in [-0.25, -0.2) is 13.2 Å². The van der Waals surface area contributed by atoms with Gasteiger partial charge >= 0.3 is 5.97 Å². The molecule has 1 aromatic carbocycles. The van der Waals surface area contributed by atoms with Crippen molar-refractivity contribution < 1.29 is 22.7 Å². The molecule has 2 saturated heterocycles. The monoisotopic (exact) mass is 365 g/mol. The van der Waals surface area contributed by atoms with E-state index in [0.717, 1.165) is 5.56 Å². The highest BCUT2D eigenvalue weighted by Crippen LogP contribution is 2.46. The predicted octanol–water partition coefficient (Wildman–Crippen LogP) is 1.99. The molecular formula is C18H23NO5S. The number of carbonyl (C=O) groups is 2. The van der Waals surface area contributed by atoms with Gasteiger partial charge in [-0.3, -0.25) is 4.79 Å². The quantitative estimate of drug-likeness (QED) is 0.602. The summed E-state index contributed by atoms with van der Waals surface area (Å²) in [5.74, 6) is -0.574. The van der Waals surface area contributed by atoms with Gasteiger partial charge in [0.15, 0.2) is 9.84 Å². The van der Waals surface area contributed by atoms with Gasteiger partial charge in [-0.15, -0.1) is 0 Å². The van der Waals surface area contributed by atoms with E-state index in [2.05, 4.69) is 13.8 Å². The summed E-state index contributed by atoms with van der Waals surface area (Å²) in [7, 11) is -3.59. The van der Waals surface area contributed by atoms with E-state index < -0.39 is 32.0 Å². The molecule has 2 atom stereocenters. The minimum absolute atomic E-state index is 0.0494. The molecule has 0 saturated carbocycles. The number of nitrogens with zero attached hydrogens (tertiary/aromatic N) is 1. The first-order valence-electron chi connectivity index (χ1n) is 8.37. The Morgan fingerprint density at radius 1 is 1.28 bits per heavy atom. The number of fused-ring (bicyclic) bond motifs is 1. The Kier molecular flexibility index (Phi) is 4.18. The molecule has 6 nitrogen and oxygen atoms in total. The molecular weight excluding hydrogens is 342 g/mol. The summed E-state index contributed by atoms with van der Waals surface area (Å²) in [6.45, 7) is 7.21. The fraction of sp³-hybridized carbons (Fsp3) is 0.556. The second-order valence-electron chi connectivity index (χ2n) is 7.51. The second kappa shape index (κ2) is 5.83. The molecule has 0 spiro atoms. The van der Waals surface area contributed by atoms with Crippen LogP contribution in [0.4, 0.5) is 0 Å². The number of ether oxygens (including phenoxy) is 1. The summed E-state index contributed by atoms with van der Waals surface area (Å²) >= 11 is 0. The molecule has 25 heavy (non-hydrogen) atoms. The van der Waals surface area contributed by atoms with Crippen LogP contribution in [0.2, 0.25) is 0 Å². The van der Waals surface area contributed by atoms with E-state index in [1.54, 1.807) is 0 Å². The summed E-state index contributed by atoms with van der Waals surface area (Å²) in [5, 5.41) is -0.891. The fourth-order valence-corrected chi connectivity index (χ4v) is 5.56. The van der Waals surface area contributed by atoms with Crippen LogP contribution in [0.3, 0.4) is 0 Å². The Balaban J connectivity index is 1.73. The van der Waals surface area contributed by atoms with Gasteiger partial charge in [0, 0.05) is 0 Å². The fourth-order valence-electron chi connectivity index (χ4n) is 3.44. The molecule has 0 radical (unpaired) electrons. The average Bonchev–Trinajstić information content (AvgIpc) is 2.66. The van der Waals surface area contributed by atoms with Crippen molar-refractivity contribution in [2.24, 2.45) is 0 Å². The highest BCUT2D eigenvalue weighted by molar-refractivity contribution is 7.93. The van der Waals surface area contributed by atoms with Crippen LogP contribution in [-0.4, -0.2) is 41.4 Å². The summed E-state index contributed by atoms with van der Waals surface area (Å²) in [5.41, 5.74) is 2.01. The van der Waals surface area contributed by atoms with E-state index in [0.29, 0.717) is 5.92 Å². The van der Waals surface area contributed by atoms with Crippen molar-refractivity contribution in [2.75, 3.05) is 0 Å².